The first-order valence-corrected chi connectivity index (χ1v) is 7.72. The molecule has 1 fully saturated rings. The molecule has 108 valence electrons. The van der Waals surface area contributed by atoms with E-state index in [1.165, 1.54) is 12.8 Å². The average molecular weight is 293 g/mol. The molecule has 1 heterocycles. The van der Waals surface area contributed by atoms with Crippen molar-refractivity contribution in [1.29, 1.82) is 0 Å². The normalized spacial score (nSPS) is 24.9. The van der Waals surface area contributed by atoms with E-state index in [9.17, 15) is 5.11 Å². The summed E-state index contributed by atoms with van der Waals surface area (Å²) in [6.07, 6.45) is 4.13. The van der Waals surface area contributed by atoms with Crippen LogP contribution in [0.25, 0.3) is 10.9 Å². The van der Waals surface area contributed by atoms with Gasteiger partial charge in [0, 0.05) is 16.6 Å². The van der Waals surface area contributed by atoms with E-state index >= 15 is 0 Å². The van der Waals surface area contributed by atoms with Gasteiger partial charge in [0.2, 0.25) is 0 Å². The van der Waals surface area contributed by atoms with E-state index in [0.717, 1.165) is 35.4 Å². The predicted molar refractivity (Wildman–Crippen MR) is 82.8 cm³/mol. The largest absolute Gasteiger partial charge is 0.373 e. The maximum atomic E-state index is 10.3. The quantitative estimate of drug-likeness (QED) is 0.749. The summed E-state index contributed by atoms with van der Waals surface area (Å²) in [6, 6.07) is 8.11. The second kappa shape index (κ2) is 5.76. The number of aromatic amines is 1. The van der Waals surface area contributed by atoms with Gasteiger partial charge in [0.15, 0.2) is 0 Å². The molecule has 1 unspecified atom stereocenters. The van der Waals surface area contributed by atoms with Crippen LogP contribution in [0.5, 0.6) is 0 Å². The molecule has 1 aliphatic rings. The number of benzene rings is 1. The summed E-state index contributed by atoms with van der Waals surface area (Å²) in [6.45, 7) is 2.30. The van der Waals surface area contributed by atoms with Crippen molar-refractivity contribution in [2.45, 2.75) is 44.9 Å². The minimum Gasteiger partial charge on any atom is -0.373 e. The molecule has 3 nitrogen and oxygen atoms in total. The zero-order valence-corrected chi connectivity index (χ0v) is 12.5. The first-order chi connectivity index (χ1) is 9.61. The summed E-state index contributed by atoms with van der Waals surface area (Å²) in [5.41, 5.74) is 1.77. The van der Waals surface area contributed by atoms with Crippen LogP contribution in [0.3, 0.4) is 0 Å². The Morgan fingerprint density at radius 1 is 1.25 bits per heavy atom. The molecule has 1 aliphatic carbocycles. The minimum absolute atomic E-state index is 0.413. The first kappa shape index (κ1) is 13.9. The molecule has 2 aromatic rings. The minimum atomic E-state index is -0.639. The number of hydrogen-bond donors (Lipinski definition) is 3. The third-order valence-corrected chi connectivity index (χ3v) is 4.54. The molecule has 0 bridgehead atoms. The average Bonchev–Trinajstić information content (AvgIpc) is 2.84. The fourth-order valence-corrected chi connectivity index (χ4v) is 3.18. The maximum absolute atomic E-state index is 10.3. The highest BCUT2D eigenvalue weighted by Crippen LogP contribution is 2.26. The van der Waals surface area contributed by atoms with Crippen LogP contribution in [0.4, 0.5) is 0 Å². The summed E-state index contributed by atoms with van der Waals surface area (Å²) in [5, 5.41) is 15.4. The van der Waals surface area contributed by atoms with Crippen LogP contribution < -0.4 is 5.32 Å². The Morgan fingerprint density at radius 2 is 2.00 bits per heavy atom. The predicted octanol–water partition coefficient (Wildman–Crippen LogP) is 3.98. The molecule has 0 spiro atoms. The monoisotopic (exact) mass is 292 g/mol. The molecule has 1 saturated carbocycles. The van der Waals surface area contributed by atoms with Crippen LogP contribution in [0.2, 0.25) is 5.02 Å². The second-order valence-electron chi connectivity index (χ2n) is 5.98. The van der Waals surface area contributed by atoms with Gasteiger partial charge in [0.1, 0.15) is 6.23 Å². The molecule has 1 atom stereocenters. The molecule has 1 aromatic carbocycles. The first-order valence-electron chi connectivity index (χ1n) is 7.34. The lowest BCUT2D eigenvalue weighted by molar-refractivity contribution is 0.106. The van der Waals surface area contributed by atoms with Gasteiger partial charge in [-0.2, -0.15) is 0 Å². The molecule has 0 radical (unpaired) electrons. The zero-order chi connectivity index (χ0) is 14.1. The number of aliphatic hydroxyl groups is 1. The number of H-pyrrole nitrogens is 1. The third-order valence-electron chi connectivity index (χ3n) is 4.31. The number of aliphatic hydroxyl groups excluding tert-OH is 1. The summed E-state index contributed by atoms with van der Waals surface area (Å²) in [4.78, 5) is 3.24. The number of fused-ring (bicyclic) bond motifs is 1. The van der Waals surface area contributed by atoms with E-state index in [1.54, 1.807) is 0 Å². The van der Waals surface area contributed by atoms with Gasteiger partial charge in [-0.1, -0.05) is 24.6 Å². The highest BCUT2D eigenvalue weighted by atomic mass is 35.5. The fourth-order valence-electron chi connectivity index (χ4n) is 3.01. The summed E-state index contributed by atoms with van der Waals surface area (Å²) in [5.74, 6) is 0.820. The van der Waals surface area contributed by atoms with Crippen LogP contribution in [0, 0.1) is 5.92 Å². The number of nitrogens with one attached hydrogen (secondary N) is 2. The summed E-state index contributed by atoms with van der Waals surface area (Å²) < 4.78 is 0. The van der Waals surface area contributed by atoms with Gasteiger partial charge in [0.05, 0.1) is 5.69 Å². The maximum Gasteiger partial charge on any atom is 0.146 e. The Kier molecular flexibility index (Phi) is 4.01. The van der Waals surface area contributed by atoms with Crippen molar-refractivity contribution in [2.24, 2.45) is 5.92 Å². The number of rotatable bonds is 3. The third kappa shape index (κ3) is 3.00. The van der Waals surface area contributed by atoms with Gasteiger partial charge >= 0.3 is 0 Å². The van der Waals surface area contributed by atoms with Crippen molar-refractivity contribution in [2.75, 3.05) is 0 Å². The van der Waals surface area contributed by atoms with Crippen LogP contribution in [0.15, 0.2) is 24.3 Å². The Hall–Kier alpha value is -1.03. The second-order valence-corrected chi connectivity index (χ2v) is 6.42. The van der Waals surface area contributed by atoms with Crippen molar-refractivity contribution >= 4 is 22.5 Å². The van der Waals surface area contributed by atoms with Crippen LogP contribution in [-0.2, 0) is 0 Å². The molecular formula is C16H21ClN2O. The SMILES string of the molecule is CC1CCC(NC(O)c2cc3ccc(Cl)cc3[nH]2)CC1. The Morgan fingerprint density at radius 3 is 2.75 bits per heavy atom. The smallest absolute Gasteiger partial charge is 0.146 e. The lowest BCUT2D eigenvalue weighted by atomic mass is 9.87. The number of aromatic nitrogens is 1. The van der Waals surface area contributed by atoms with Crippen molar-refractivity contribution in [3.63, 3.8) is 0 Å². The molecular weight excluding hydrogens is 272 g/mol. The lowest BCUT2D eigenvalue weighted by Gasteiger charge is -2.28. The Balaban J connectivity index is 1.70. The van der Waals surface area contributed by atoms with Gasteiger partial charge in [-0.3, -0.25) is 5.32 Å². The van der Waals surface area contributed by atoms with E-state index < -0.39 is 6.23 Å². The lowest BCUT2D eigenvalue weighted by Crippen LogP contribution is -2.35. The van der Waals surface area contributed by atoms with E-state index in [0.29, 0.717) is 11.1 Å². The topological polar surface area (TPSA) is 48.0 Å². The van der Waals surface area contributed by atoms with Gasteiger partial charge in [-0.15, -0.1) is 0 Å². The van der Waals surface area contributed by atoms with E-state index in [-0.39, 0.29) is 0 Å². The Labute approximate surface area is 124 Å². The zero-order valence-electron chi connectivity index (χ0n) is 11.7. The van der Waals surface area contributed by atoms with Crippen LogP contribution in [0.1, 0.15) is 44.5 Å². The van der Waals surface area contributed by atoms with Crippen LogP contribution >= 0.6 is 11.6 Å². The van der Waals surface area contributed by atoms with Gasteiger partial charge < -0.3 is 10.1 Å². The van der Waals surface area contributed by atoms with E-state index in [4.69, 9.17) is 11.6 Å². The van der Waals surface area contributed by atoms with E-state index in [2.05, 4.69) is 17.2 Å². The van der Waals surface area contributed by atoms with Crippen molar-refractivity contribution in [1.82, 2.24) is 10.3 Å². The van der Waals surface area contributed by atoms with Gasteiger partial charge in [-0.25, -0.2) is 0 Å². The molecule has 3 rings (SSSR count). The molecule has 0 amide bonds. The Bertz CT molecular complexity index is 587. The van der Waals surface area contributed by atoms with Crippen molar-refractivity contribution < 1.29 is 5.11 Å². The molecule has 4 heteroatoms. The molecule has 3 N–H and O–H groups in total. The van der Waals surface area contributed by atoms with Gasteiger partial charge in [-0.05, 0) is 55.2 Å². The summed E-state index contributed by atoms with van der Waals surface area (Å²) in [7, 11) is 0. The number of halogens is 1. The molecule has 0 aliphatic heterocycles. The van der Waals surface area contributed by atoms with Gasteiger partial charge in [0.25, 0.3) is 0 Å². The van der Waals surface area contributed by atoms with Crippen LogP contribution in [-0.4, -0.2) is 16.1 Å². The number of hydrogen-bond acceptors (Lipinski definition) is 2. The highest BCUT2D eigenvalue weighted by molar-refractivity contribution is 6.31. The molecule has 0 saturated heterocycles. The summed E-state index contributed by atoms with van der Waals surface area (Å²) >= 11 is 5.98. The highest BCUT2D eigenvalue weighted by Gasteiger charge is 2.21. The van der Waals surface area contributed by atoms with Crippen molar-refractivity contribution in [3.05, 3.63) is 35.0 Å². The van der Waals surface area contributed by atoms with E-state index in [1.807, 2.05) is 24.3 Å². The molecule has 1 aromatic heterocycles. The standard InChI is InChI=1S/C16H21ClN2O/c1-10-2-6-13(7-3-10)18-16(20)15-8-11-4-5-12(17)9-14(11)19-15/h4-5,8-10,13,16,18-20H,2-3,6-7H2,1H3. The fraction of sp³-hybridized carbons (Fsp3) is 0.500. The van der Waals surface area contributed by atoms with Crippen molar-refractivity contribution in [3.8, 4) is 0 Å². The molecule has 20 heavy (non-hydrogen) atoms.